The largest absolute Gasteiger partial charge is 0.455 e. The van der Waals surface area contributed by atoms with Gasteiger partial charge in [0, 0.05) is 10.9 Å². The number of anilines is 1. The molecule has 1 amide bonds. The fourth-order valence-corrected chi connectivity index (χ4v) is 3.89. The van der Waals surface area contributed by atoms with Crippen molar-refractivity contribution in [1.29, 1.82) is 0 Å². The van der Waals surface area contributed by atoms with E-state index in [4.69, 9.17) is 4.42 Å². The zero-order valence-corrected chi connectivity index (χ0v) is 16.3. The summed E-state index contributed by atoms with van der Waals surface area (Å²) >= 11 is 1.27. The highest BCUT2D eigenvalue weighted by Gasteiger charge is 2.17. The topological polar surface area (TPSA) is 67.6 Å². The van der Waals surface area contributed by atoms with Gasteiger partial charge in [-0.2, -0.15) is 8.78 Å². The average Bonchev–Trinajstić information content (AvgIpc) is 3.44. The molecule has 1 fully saturated rings. The number of hydrogen-bond acceptors (Lipinski definition) is 6. The number of carbonyl (C=O) groups is 1. The van der Waals surface area contributed by atoms with E-state index in [1.54, 1.807) is 23.6 Å². The molecule has 1 N–H and O–H groups in total. The number of rotatable bonds is 7. The summed E-state index contributed by atoms with van der Waals surface area (Å²) in [6, 6.07) is 9.65. The number of nitrogens with one attached hydrogen (secondary N) is 1. The van der Waals surface area contributed by atoms with Crippen LogP contribution in [0.4, 0.5) is 13.9 Å². The number of ether oxygens (including phenoxy) is 1. The number of likely N-dealkylation sites (tertiary alicyclic amines) is 1. The predicted octanol–water partition coefficient (Wildman–Crippen LogP) is 4.85. The maximum absolute atomic E-state index is 12.4. The molecule has 9 heteroatoms. The first-order valence-corrected chi connectivity index (χ1v) is 10.1. The molecule has 4 rings (SSSR count). The minimum absolute atomic E-state index is 0.0788. The van der Waals surface area contributed by atoms with E-state index in [2.05, 4.69) is 19.9 Å². The molecule has 1 aromatic carbocycles. The number of aromatic nitrogens is 1. The van der Waals surface area contributed by atoms with Crippen LogP contribution in [-0.2, 0) is 6.54 Å². The summed E-state index contributed by atoms with van der Waals surface area (Å²) in [7, 11) is 0. The van der Waals surface area contributed by atoms with Gasteiger partial charge in [-0.3, -0.25) is 15.0 Å². The fourth-order valence-electron chi connectivity index (χ4n) is 3.18. The summed E-state index contributed by atoms with van der Waals surface area (Å²) in [5, 5.41) is 4.93. The van der Waals surface area contributed by atoms with Crippen molar-refractivity contribution in [3.63, 3.8) is 0 Å². The molecule has 0 radical (unpaired) electrons. The molecule has 0 bridgehead atoms. The standard InChI is InChI=1S/C20H19F2N3O3S/c21-19(22)28-14-5-3-13(4-6-14)16-12-29-20(23-16)24-18(26)17-8-7-15(27-17)11-25-9-1-2-10-25/h3-8,12,19H,1-2,9-11H2,(H,23,24,26). The van der Waals surface area contributed by atoms with Gasteiger partial charge in [0.2, 0.25) is 0 Å². The van der Waals surface area contributed by atoms with E-state index in [-0.39, 0.29) is 17.4 Å². The molecule has 3 heterocycles. The predicted molar refractivity (Wildman–Crippen MR) is 105 cm³/mol. The van der Waals surface area contributed by atoms with Crippen molar-refractivity contribution in [1.82, 2.24) is 9.88 Å². The van der Waals surface area contributed by atoms with Crippen molar-refractivity contribution in [2.75, 3.05) is 18.4 Å². The molecule has 0 aliphatic carbocycles. The maximum Gasteiger partial charge on any atom is 0.387 e. The first kappa shape index (κ1) is 19.5. The third kappa shape index (κ3) is 4.99. The van der Waals surface area contributed by atoms with Crippen LogP contribution in [-0.4, -0.2) is 35.5 Å². The van der Waals surface area contributed by atoms with Crippen molar-refractivity contribution in [2.45, 2.75) is 26.0 Å². The SMILES string of the molecule is O=C(Nc1nc(-c2ccc(OC(F)F)cc2)cs1)c1ccc(CN2CCCC2)o1. The Balaban J connectivity index is 1.37. The van der Waals surface area contributed by atoms with E-state index >= 15 is 0 Å². The number of alkyl halides is 2. The highest BCUT2D eigenvalue weighted by Crippen LogP contribution is 2.27. The van der Waals surface area contributed by atoms with Crippen LogP contribution in [0.2, 0.25) is 0 Å². The summed E-state index contributed by atoms with van der Waals surface area (Å²) < 4.78 is 34.5. The number of thiazole rings is 1. The van der Waals surface area contributed by atoms with E-state index in [1.165, 1.54) is 36.3 Å². The van der Waals surface area contributed by atoms with Gasteiger partial charge in [0.25, 0.3) is 5.91 Å². The average molecular weight is 419 g/mol. The minimum Gasteiger partial charge on any atom is -0.455 e. The molecular formula is C20H19F2N3O3S. The molecule has 1 saturated heterocycles. The molecule has 29 heavy (non-hydrogen) atoms. The zero-order valence-electron chi connectivity index (χ0n) is 15.4. The van der Waals surface area contributed by atoms with E-state index in [9.17, 15) is 13.6 Å². The highest BCUT2D eigenvalue weighted by atomic mass is 32.1. The maximum atomic E-state index is 12.4. The van der Waals surface area contributed by atoms with Crippen molar-refractivity contribution in [3.8, 4) is 17.0 Å². The normalized spacial score (nSPS) is 14.4. The molecule has 1 aliphatic heterocycles. The molecule has 152 valence electrons. The van der Waals surface area contributed by atoms with Crippen LogP contribution in [0, 0.1) is 0 Å². The quantitative estimate of drug-likeness (QED) is 0.593. The van der Waals surface area contributed by atoms with Crippen molar-refractivity contribution < 1.29 is 22.7 Å². The molecule has 0 saturated carbocycles. The van der Waals surface area contributed by atoms with Crippen LogP contribution < -0.4 is 10.1 Å². The fraction of sp³-hybridized carbons (Fsp3) is 0.300. The second kappa shape index (κ2) is 8.71. The van der Waals surface area contributed by atoms with Gasteiger partial charge in [-0.1, -0.05) is 0 Å². The first-order chi connectivity index (χ1) is 14.1. The Morgan fingerprint density at radius 1 is 1.21 bits per heavy atom. The van der Waals surface area contributed by atoms with Crippen LogP contribution in [0.3, 0.4) is 0 Å². The number of benzene rings is 1. The lowest BCUT2D eigenvalue weighted by molar-refractivity contribution is -0.0498. The summed E-state index contributed by atoms with van der Waals surface area (Å²) in [6.45, 7) is -0.0435. The number of carbonyl (C=O) groups excluding carboxylic acids is 1. The van der Waals surface area contributed by atoms with E-state index in [0.717, 1.165) is 24.4 Å². The summed E-state index contributed by atoms with van der Waals surface area (Å²) in [4.78, 5) is 19.1. The zero-order chi connectivity index (χ0) is 20.2. The molecule has 2 aromatic heterocycles. The summed E-state index contributed by atoms with van der Waals surface area (Å²) in [5.74, 6) is 0.724. The van der Waals surface area contributed by atoms with Crippen molar-refractivity contribution >= 4 is 22.4 Å². The highest BCUT2D eigenvalue weighted by molar-refractivity contribution is 7.14. The Morgan fingerprint density at radius 2 is 1.97 bits per heavy atom. The van der Waals surface area contributed by atoms with Gasteiger partial charge >= 0.3 is 6.61 Å². The number of furan rings is 1. The van der Waals surface area contributed by atoms with E-state index in [1.807, 2.05) is 6.07 Å². The Hall–Kier alpha value is -2.78. The Kier molecular flexibility index (Phi) is 5.86. The molecule has 0 atom stereocenters. The summed E-state index contributed by atoms with van der Waals surface area (Å²) in [6.07, 6.45) is 2.39. The molecule has 3 aromatic rings. The summed E-state index contributed by atoms with van der Waals surface area (Å²) in [5.41, 5.74) is 1.36. The van der Waals surface area contributed by atoms with Crippen molar-refractivity contribution in [3.05, 3.63) is 53.3 Å². The van der Waals surface area contributed by atoms with Crippen LogP contribution >= 0.6 is 11.3 Å². The van der Waals surface area contributed by atoms with Gasteiger partial charge in [-0.25, -0.2) is 4.98 Å². The Labute approximate surface area is 170 Å². The third-order valence-corrected chi connectivity index (χ3v) is 5.32. The molecule has 0 spiro atoms. The van der Waals surface area contributed by atoms with Crippen LogP contribution in [0.25, 0.3) is 11.3 Å². The van der Waals surface area contributed by atoms with Gasteiger partial charge in [0.1, 0.15) is 11.5 Å². The molecule has 6 nitrogen and oxygen atoms in total. The van der Waals surface area contributed by atoms with Gasteiger partial charge < -0.3 is 9.15 Å². The van der Waals surface area contributed by atoms with Gasteiger partial charge in [-0.05, 0) is 62.3 Å². The van der Waals surface area contributed by atoms with Gasteiger partial charge in [0.15, 0.2) is 10.9 Å². The number of hydrogen-bond donors (Lipinski definition) is 1. The smallest absolute Gasteiger partial charge is 0.387 e. The van der Waals surface area contributed by atoms with Crippen LogP contribution in [0.1, 0.15) is 29.2 Å². The lowest BCUT2D eigenvalue weighted by atomic mass is 10.2. The lowest BCUT2D eigenvalue weighted by Gasteiger charge is -2.11. The Bertz CT molecular complexity index is 966. The minimum atomic E-state index is -2.86. The lowest BCUT2D eigenvalue weighted by Crippen LogP contribution is -2.18. The van der Waals surface area contributed by atoms with E-state index in [0.29, 0.717) is 17.4 Å². The monoisotopic (exact) mass is 419 g/mol. The number of amides is 1. The first-order valence-electron chi connectivity index (χ1n) is 9.20. The third-order valence-electron chi connectivity index (χ3n) is 4.56. The molecular weight excluding hydrogens is 400 g/mol. The Morgan fingerprint density at radius 3 is 2.69 bits per heavy atom. The molecule has 0 unspecified atom stereocenters. The molecule has 1 aliphatic rings. The second-order valence-corrected chi connectivity index (χ2v) is 7.50. The number of nitrogens with zero attached hydrogens (tertiary/aromatic N) is 2. The van der Waals surface area contributed by atoms with Crippen LogP contribution in [0.5, 0.6) is 5.75 Å². The number of halogens is 2. The second-order valence-electron chi connectivity index (χ2n) is 6.64. The van der Waals surface area contributed by atoms with Gasteiger partial charge in [0.05, 0.1) is 12.2 Å². The van der Waals surface area contributed by atoms with Gasteiger partial charge in [-0.15, -0.1) is 11.3 Å². The van der Waals surface area contributed by atoms with Crippen molar-refractivity contribution in [2.24, 2.45) is 0 Å². The van der Waals surface area contributed by atoms with E-state index < -0.39 is 6.61 Å². The van der Waals surface area contributed by atoms with Crippen LogP contribution in [0.15, 0.2) is 46.2 Å².